The van der Waals surface area contributed by atoms with Gasteiger partial charge in [0.15, 0.2) is 0 Å². The maximum Gasteiger partial charge on any atom is 0.310 e. The molecule has 0 spiro atoms. The van der Waals surface area contributed by atoms with Crippen molar-refractivity contribution in [2.45, 2.75) is 17.2 Å². The quantitative estimate of drug-likeness (QED) is 0.168. The first kappa shape index (κ1) is 26.9. The third kappa shape index (κ3) is 6.72. The number of hydrogen-bond donors (Lipinski definition) is 0. The molecule has 0 amide bonds. The van der Waals surface area contributed by atoms with Gasteiger partial charge in [0.25, 0.3) is 11.4 Å². The minimum absolute atomic E-state index is 0.0502. The molecular weight excluding hydrogens is 550 g/mol. The minimum atomic E-state index is -1.28. The summed E-state index contributed by atoms with van der Waals surface area (Å²) in [5, 5.41) is 21.8. The van der Waals surface area contributed by atoms with Crippen molar-refractivity contribution in [3.63, 3.8) is 0 Å². The Labute approximate surface area is 218 Å². The normalized spacial score (nSPS) is 17.9. The largest absolute Gasteiger partial charge is 0.465 e. The van der Waals surface area contributed by atoms with Gasteiger partial charge in [-0.3, -0.25) is 29.8 Å². The molecule has 0 radical (unpaired) electrons. The lowest BCUT2D eigenvalue weighted by molar-refractivity contribution is -0.384. The van der Waals surface area contributed by atoms with Gasteiger partial charge in [0.05, 0.1) is 35.9 Å². The van der Waals surface area contributed by atoms with E-state index in [1.54, 1.807) is 0 Å². The van der Waals surface area contributed by atoms with Crippen LogP contribution in [0.4, 0.5) is 11.4 Å². The van der Waals surface area contributed by atoms with E-state index in [1.807, 2.05) is 0 Å². The van der Waals surface area contributed by atoms with Gasteiger partial charge in [0.1, 0.15) is 14.4 Å². The van der Waals surface area contributed by atoms with E-state index < -0.39 is 38.0 Å². The van der Waals surface area contributed by atoms with Crippen molar-refractivity contribution in [1.29, 1.82) is 0 Å². The van der Waals surface area contributed by atoms with Crippen LogP contribution in [0.15, 0.2) is 36.4 Å². The van der Waals surface area contributed by atoms with Crippen LogP contribution >= 0.6 is 46.4 Å². The Hall–Kier alpha value is -2.66. The Balaban J connectivity index is 1.47. The fraction of sp³-hybridized carbons (Fsp3) is 0.333. The Bertz CT molecular complexity index is 1100. The van der Waals surface area contributed by atoms with E-state index in [2.05, 4.69) is 0 Å². The van der Waals surface area contributed by atoms with Gasteiger partial charge < -0.3 is 9.47 Å². The number of ether oxygens (including phenoxy) is 2. The van der Waals surface area contributed by atoms with Crippen LogP contribution in [0.3, 0.4) is 0 Å². The Morgan fingerprint density at radius 2 is 1.17 bits per heavy atom. The molecule has 2 aromatic rings. The third-order valence-corrected chi connectivity index (χ3v) is 7.08. The molecule has 1 aliphatic carbocycles. The zero-order valence-corrected chi connectivity index (χ0v) is 20.6. The van der Waals surface area contributed by atoms with Crippen molar-refractivity contribution in [2.75, 3.05) is 13.2 Å². The summed E-state index contributed by atoms with van der Waals surface area (Å²) in [6.07, 6.45) is -0.454. The molecule has 1 saturated carbocycles. The van der Waals surface area contributed by atoms with Crippen LogP contribution in [-0.4, -0.2) is 39.3 Å². The Kier molecular flexibility index (Phi) is 8.42. The molecule has 2 atom stereocenters. The van der Waals surface area contributed by atoms with E-state index in [1.165, 1.54) is 36.4 Å². The molecule has 0 aliphatic heterocycles. The first-order valence-corrected chi connectivity index (χ1v) is 11.5. The summed E-state index contributed by atoms with van der Waals surface area (Å²) in [5.74, 6) is -2.31. The first-order valence-electron chi connectivity index (χ1n) is 9.94. The Morgan fingerprint density at radius 3 is 1.51 bits per heavy atom. The molecule has 3 rings (SSSR count). The number of rotatable bonds is 10. The summed E-state index contributed by atoms with van der Waals surface area (Å²) in [4.78, 5) is 44.9. The van der Waals surface area contributed by atoms with E-state index >= 15 is 0 Å². The summed E-state index contributed by atoms with van der Waals surface area (Å²) >= 11 is 23.9. The van der Waals surface area contributed by atoms with Crippen molar-refractivity contribution in [2.24, 2.45) is 11.8 Å². The number of benzene rings is 2. The number of nitro groups is 2. The summed E-state index contributed by atoms with van der Waals surface area (Å²) in [7, 11) is 0. The van der Waals surface area contributed by atoms with Crippen LogP contribution in [-0.2, 0) is 31.9 Å². The number of halogens is 4. The van der Waals surface area contributed by atoms with Crippen LogP contribution < -0.4 is 0 Å². The third-order valence-electron chi connectivity index (χ3n) is 5.32. The lowest BCUT2D eigenvalue weighted by atomic mass is 10.1. The molecule has 35 heavy (non-hydrogen) atoms. The highest BCUT2D eigenvalue weighted by atomic mass is 35.5. The molecule has 1 fully saturated rings. The molecule has 0 saturated heterocycles. The average molecular weight is 566 g/mol. The molecule has 14 heteroatoms. The number of nitrogens with zero attached hydrogens (tertiary/aromatic N) is 2. The Morgan fingerprint density at radius 1 is 0.800 bits per heavy atom. The fourth-order valence-electron chi connectivity index (χ4n) is 3.33. The number of alkyl halides is 2. The highest BCUT2D eigenvalue weighted by Gasteiger charge is 2.64. The molecule has 0 heterocycles. The molecule has 10 nitrogen and oxygen atoms in total. The van der Waals surface area contributed by atoms with Gasteiger partial charge in [-0.2, -0.15) is 0 Å². The predicted octanol–water partition coefficient (Wildman–Crippen LogP) is 5.10. The first-order chi connectivity index (χ1) is 16.4. The zero-order chi connectivity index (χ0) is 25.9. The van der Waals surface area contributed by atoms with Gasteiger partial charge >= 0.3 is 11.9 Å². The lowest BCUT2D eigenvalue weighted by Crippen LogP contribution is -2.13. The number of carbonyl (C=O) groups is 2. The maximum atomic E-state index is 12.1. The monoisotopic (exact) mass is 564 g/mol. The van der Waals surface area contributed by atoms with Gasteiger partial charge in [-0.05, 0) is 23.3 Å². The average Bonchev–Trinajstić information content (AvgIpc) is 3.31. The van der Waals surface area contributed by atoms with Gasteiger partial charge in [0, 0.05) is 24.0 Å². The maximum absolute atomic E-state index is 12.1. The van der Waals surface area contributed by atoms with Crippen LogP contribution in [0.1, 0.15) is 11.1 Å². The van der Waals surface area contributed by atoms with E-state index in [0.717, 1.165) is 0 Å². The van der Waals surface area contributed by atoms with Gasteiger partial charge in [-0.15, -0.1) is 23.2 Å². The standard InChI is InChI=1S/C21H16Cl4N2O8/c22-15-3-1-11(5-17(15)26(30)31)7-19(28)34-9-13-14(21(13,24)25)10-35-20(29)8-12-2-4-16(23)18(6-12)27(32)33/h1-6,13-14H,7-10H2/t13-,14-/m1/s1. The zero-order valence-electron chi connectivity index (χ0n) is 17.6. The number of nitro benzene ring substituents is 2. The van der Waals surface area contributed by atoms with Crippen molar-refractivity contribution in [3.8, 4) is 0 Å². The predicted molar refractivity (Wildman–Crippen MR) is 127 cm³/mol. The minimum Gasteiger partial charge on any atom is -0.465 e. The van der Waals surface area contributed by atoms with E-state index in [4.69, 9.17) is 55.9 Å². The molecule has 186 valence electrons. The molecule has 0 aromatic heterocycles. The second-order valence-corrected chi connectivity index (χ2v) is 9.95. The number of carbonyl (C=O) groups excluding carboxylic acids is 2. The molecule has 2 aromatic carbocycles. The van der Waals surface area contributed by atoms with Crippen molar-refractivity contribution >= 4 is 69.7 Å². The second-order valence-electron chi connectivity index (χ2n) is 7.69. The van der Waals surface area contributed by atoms with Crippen LogP contribution in [0, 0.1) is 32.1 Å². The number of hydrogen-bond acceptors (Lipinski definition) is 8. The summed E-state index contributed by atoms with van der Waals surface area (Å²) < 4.78 is 9.10. The van der Waals surface area contributed by atoms with Gasteiger partial charge in [-0.25, -0.2) is 0 Å². The fourth-order valence-corrected chi connectivity index (χ4v) is 4.44. The van der Waals surface area contributed by atoms with Gasteiger partial charge in [-0.1, -0.05) is 35.3 Å². The van der Waals surface area contributed by atoms with Crippen LogP contribution in [0.25, 0.3) is 0 Å². The van der Waals surface area contributed by atoms with E-state index in [9.17, 15) is 29.8 Å². The van der Waals surface area contributed by atoms with E-state index in [0.29, 0.717) is 11.1 Å². The topological polar surface area (TPSA) is 139 Å². The summed E-state index contributed by atoms with van der Waals surface area (Å²) in [5.41, 5.74) is 0.0419. The SMILES string of the molecule is O=C(Cc1ccc(Cl)c([N+](=O)[O-])c1)OC[C@@H]1[C@@H](COC(=O)Cc2ccc(Cl)c([N+](=O)[O-])c2)C1(Cl)Cl. The van der Waals surface area contributed by atoms with Crippen molar-refractivity contribution in [1.82, 2.24) is 0 Å². The molecule has 0 bridgehead atoms. The molecule has 0 N–H and O–H groups in total. The van der Waals surface area contributed by atoms with E-state index in [-0.39, 0.29) is 47.5 Å². The molecule has 1 aliphatic rings. The lowest BCUT2D eigenvalue weighted by Gasteiger charge is -2.06. The highest BCUT2D eigenvalue weighted by Crippen LogP contribution is 2.59. The number of esters is 2. The summed E-state index contributed by atoms with van der Waals surface area (Å²) in [6.45, 7) is -0.291. The molecule has 0 unspecified atom stereocenters. The van der Waals surface area contributed by atoms with Crippen molar-refractivity contribution < 1.29 is 28.9 Å². The van der Waals surface area contributed by atoms with Crippen LogP contribution in [0.2, 0.25) is 10.0 Å². The second kappa shape index (κ2) is 10.9. The van der Waals surface area contributed by atoms with Gasteiger partial charge in [0.2, 0.25) is 0 Å². The van der Waals surface area contributed by atoms with Crippen LogP contribution in [0.5, 0.6) is 0 Å². The highest BCUT2D eigenvalue weighted by molar-refractivity contribution is 6.51. The van der Waals surface area contributed by atoms with Crippen molar-refractivity contribution in [3.05, 3.63) is 77.8 Å². The summed E-state index contributed by atoms with van der Waals surface area (Å²) in [6, 6.07) is 7.95. The smallest absolute Gasteiger partial charge is 0.310 e. The molecular formula is C21H16Cl4N2O8.